The summed E-state index contributed by atoms with van der Waals surface area (Å²) in [7, 11) is -4.06. The molecule has 0 aliphatic heterocycles. The summed E-state index contributed by atoms with van der Waals surface area (Å²) in [5.74, 6) is -0.947. The van der Waals surface area contributed by atoms with Crippen molar-refractivity contribution in [2.75, 3.05) is 4.72 Å². The number of phenols is 1. The number of anilines is 1. The van der Waals surface area contributed by atoms with Crippen molar-refractivity contribution >= 4 is 27.3 Å². The molecule has 0 spiro atoms. The second-order valence-corrected chi connectivity index (χ2v) is 7.72. The number of sulfonamides is 1. The van der Waals surface area contributed by atoms with E-state index < -0.39 is 15.8 Å². The minimum Gasteiger partial charge on any atom is -0.506 e. The topological polar surface area (TPSA) is 101 Å². The van der Waals surface area contributed by atoms with Crippen LogP contribution in [0.5, 0.6) is 5.75 Å². The number of benzene rings is 3. The number of aromatic hydroxyl groups is 1. The molecule has 1 aliphatic rings. The average molecular weight is 379 g/mol. The highest BCUT2D eigenvalue weighted by molar-refractivity contribution is 7.92. The molecular formula is C20H13NO5S. The molecule has 1 aliphatic carbocycles. The van der Waals surface area contributed by atoms with Crippen molar-refractivity contribution in [3.8, 4) is 5.75 Å². The van der Waals surface area contributed by atoms with Gasteiger partial charge in [-0.15, -0.1) is 0 Å². The van der Waals surface area contributed by atoms with E-state index >= 15 is 0 Å². The third-order valence-corrected chi connectivity index (χ3v) is 5.72. The summed E-state index contributed by atoms with van der Waals surface area (Å²) in [6.45, 7) is 0. The van der Waals surface area contributed by atoms with Crippen LogP contribution in [-0.4, -0.2) is 25.1 Å². The average Bonchev–Trinajstić information content (AvgIpc) is 2.67. The Morgan fingerprint density at radius 3 is 1.93 bits per heavy atom. The van der Waals surface area contributed by atoms with Crippen LogP contribution < -0.4 is 4.72 Å². The zero-order valence-corrected chi connectivity index (χ0v) is 14.7. The third-order valence-electron chi connectivity index (χ3n) is 4.36. The first-order valence-electron chi connectivity index (χ1n) is 8.02. The number of hydrogen-bond donors (Lipinski definition) is 2. The Labute approximate surface area is 155 Å². The minimum absolute atomic E-state index is 0.0166. The van der Waals surface area contributed by atoms with Gasteiger partial charge in [-0.05, 0) is 30.3 Å². The molecule has 0 saturated carbocycles. The lowest BCUT2D eigenvalue weighted by molar-refractivity contribution is 0.0979. The molecule has 0 bridgehead atoms. The number of carbonyl (C=O) groups excluding carboxylic acids is 2. The first-order valence-corrected chi connectivity index (χ1v) is 9.50. The van der Waals surface area contributed by atoms with Crippen LogP contribution >= 0.6 is 0 Å². The predicted octanol–water partition coefficient (Wildman–Crippen LogP) is 2.97. The standard InChI is InChI=1S/C20H13NO5S/c22-18-8-4-3-7-17(18)21-27(25,26)12-9-10-15-16(11-12)20(24)14-6-2-1-5-13(14)19(15)23/h1-11,21-22H. The van der Waals surface area contributed by atoms with Gasteiger partial charge in [-0.2, -0.15) is 0 Å². The fourth-order valence-corrected chi connectivity index (χ4v) is 4.11. The molecule has 3 aromatic carbocycles. The lowest BCUT2D eigenvalue weighted by atomic mass is 9.84. The number of hydrogen-bond acceptors (Lipinski definition) is 5. The van der Waals surface area contributed by atoms with E-state index in [2.05, 4.69) is 4.72 Å². The van der Waals surface area contributed by atoms with Crippen molar-refractivity contribution in [1.82, 2.24) is 0 Å². The molecule has 6 nitrogen and oxygen atoms in total. The second-order valence-electron chi connectivity index (χ2n) is 6.03. The third kappa shape index (κ3) is 2.78. The van der Waals surface area contributed by atoms with E-state index in [-0.39, 0.29) is 38.8 Å². The summed E-state index contributed by atoms with van der Waals surface area (Å²) in [4.78, 5) is 25.2. The number of para-hydroxylation sites is 2. The number of rotatable bonds is 3. The summed E-state index contributed by atoms with van der Waals surface area (Å²) in [5, 5.41) is 9.77. The molecule has 3 aromatic rings. The van der Waals surface area contributed by atoms with Gasteiger partial charge in [0.05, 0.1) is 10.6 Å². The molecule has 0 saturated heterocycles. The van der Waals surface area contributed by atoms with Crippen molar-refractivity contribution in [1.29, 1.82) is 0 Å². The highest BCUT2D eigenvalue weighted by Gasteiger charge is 2.30. The molecule has 0 radical (unpaired) electrons. The Hall–Kier alpha value is -3.45. The number of fused-ring (bicyclic) bond motifs is 2. The highest BCUT2D eigenvalue weighted by atomic mass is 32.2. The van der Waals surface area contributed by atoms with Crippen molar-refractivity contribution in [2.24, 2.45) is 0 Å². The van der Waals surface area contributed by atoms with E-state index in [1.165, 1.54) is 30.3 Å². The molecule has 27 heavy (non-hydrogen) atoms. The maximum absolute atomic E-state index is 12.7. The lowest BCUT2D eigenvalue weighted by Gasteiger charge is -2.18. The second kappa shape index (κ2) is 6.07. The fourth-order valence-electron chi connectivity index (χ4n) is 3.01. The monoisotopic (exact) mass is 379 g/mol. The van der Waals surface area contributed by atoms with E-state index in [9.17, 15) is 23.1 Å². The summed E-state index contributed by atoms with van der Waals surface area (Å²) in [6, 6.07) is 16.1. The molecule has 0 atom stereocenters. The van der Waals surface area contributed by atoms with Gasteiger partial charge in [0.25, 0.3) is 10.0 Å². The quantitative estimate of drug-likeness (QED) is 0.533. The smallest absolute Gasteiger partial charge is 0.262 e. The molecule has 0 unspecified atom stereocenters. The molecule has 4 rings (SSSR count). The van der Waals surface area contributed by atoms with Gasteiger partial charge in [-0.1, -0.05) is 36.4 Å². The van der Waals surface area contributed by atoms with Gasteiger partial charge in [0.2, 0.25) is 0 Å². The number of carbonyl (C=O) groups is 2. The van der Waals surface area contributed by atoms with Crippen LogP contribution in [0.1, 0.15) is 31.8 Å². The predicted molar refractivity (Wildman–Crippen MR) is 98.7 cm³/mol. The summed E-state index contributed by atoms with van der Waals surface area (Å²) in [6.07, 6.45) is 0. The van der Waals surface area contributed by atoms with Crippen molar-refractivity contribution in [2.45, 2.75) is 4.90 Å². The van der Waals surface area contributed by atoms with E-state index in [0.29, 0.717) is 5.56 Å². The van der Waals surface area contributed by atoms with Crippen molar-refractivity contribution in [3.63, 3.8) is 0 Å². The normalized spacial score (nSPS) is 13.0. The number of nitrogens with one attached hydrogen (secondary N) is 1. The Morgan fingerprint density at radius 1 is 0.704 bits per heavy atom. The molecular weight excluding hydrogens is 366 g/mol. The molecule has 0 amide bonds. The maximum atomic E-state index is 12.7. The van der Waals surface area contributed by atoms with Gasteiger partial charge in [0, 0.05) is 22.3 Å². The molecule has 0 aromatic heterocycles. The van der Waals surface area contributed by atoms with Crippen LogP contribution in [0.2, 0.25) is 0 Å². The van der Waals surface area contributed by atoms with Crippen LogP contribution in [0.3, 0.4) is 0 Å². The van der Waals surface area contributed by atoms with Gasteiger partial charge in [-0.3, -0.25) is 14.3 Å². The van der Waals surface area contributed by atoms with E-state index in [1.807, 2.05) is 0 Å². The van der Waals surface area contributed by atoms with E-state index in [4.69, 9.17) is 0 Å². The van der Waals surface area contributed by atoms with Gasteiger partial charge in [-0.25, -0.2) is 8.42 Å². The summed E-state index contributed by atoms with van der Waals surface area (Å²) in [5.41, 5.74) is 0.776. The first-order chi connectivity index (χ1) is 12.9. The lowest BCUT2D eigenvalue weighted by Crippen LogP contribution is -2.22. The van der Waals surface area contributed by atoms with Crippen LogP contribution in [0.4, 0.5) is 5.69 Å². The Kier molecular flexibility index (Phi) is 3.82. The van der Waals surface area contributed by atoms with Crippen LogP contribution in [0, 0.1) is 0 Å². The number of phenolic OH excluding ortho intramolecular Hbond substituents is 1. The minimum atomic E-state index is -4.06. The molecule has 0 fully saturated rings. The zero-order chi connectivity index (χ0) is 19.2. The summed E-state index contributed by atoms with van der Waals surface area (Å²) >= 11 is 0. The number of ketones is 2. The van der Waals surface area contributed by atoms with E-state index in [1.54, 1.807) is 36.4 Å². The van der Waals surface area contributed by atoms with Crippen molar-refractivity contribution in [3.05, 3.63) is 89.0 Å². The van der Waals surface area contributed by atoms with Crippen LogP contribution in [-0.2, 0) is 10.0 Å². The van der Waals surface area contributed by atoms with Crippen molar-refractivity contribution < 1.29 is 23.1 Å². The van der Waals surface area contributed by atoms with Gasteiger partial charge in [0.15, 0.2) is 11.6 Å². The molecule has 134 valence electrons. The Bertz CT molecular complexity index is 1210. The highest BCUT2D eigenvalue weighted by Crippen LogP contribution is 2.30. The van der Waals surface area contributed by atoms with Gasteiger partial charge in [0.1, 0.15) is 5.75 Å². The van der Waals surface area contributed by atoms with Gasteiger partial charge >= 0.3 is 0 Å². The Balaban J connectivity index is 1.78. The van der Waals surface area contributed by atoms with Gasteiger partial charge < -0.3 is 5.11 Å². The summed E-state index contributed by atoms with van der Waals surface area (Å²) < 4.78 is 27.6. The Morgan fingerprint density at radius 2 is 1.26 bits per heavy atom. The molecule has 7 heteroatoms. The largest absolute Gasteiger partial charge is 0.506 e. The zero-order valence-electron chi connectivity index (χ0n) is 13.8. The van der Waals surface area contributed by atoms with Crippen LogP contribution in [0.25, 0.3) is 0 Å². The fraction of sp³-hybridized carbons (Fsp3) is 0. The SMILES string of the molecule is O=C1c2ccccc2C(=O)c2cc(S(=O)(=O)Nc3ccccc3O)ccc21. The first kappa shape index (κ1) is 17.0. The van der Waals surface area contributed by atoms with Crippen LogP contribution in [0.15, 0.2) is 71.6 Å². The maximum Gasteiger partial charge on any atom is 0.262 e. The molecule has 0 heterocycles. The van der Waals surface area contributed by atoms with E-state index in [0.717, 1.165) is 0 Å². The molecule has 2 N–H and O–H groups in total.